The monoisotopic (exact) mass is 245 g/mol. The van der Waals surface area contributed by atoms with E-state index in [1.54, 1.807) is 0 Å². The predicted octanol–water partition coefficient (Wildman–Crippen LogP) is 2.49. The lowest BCUT2D eigenvalue weighted by Crippen LogP contribution is -2.10. The number of halogens is 1. The number of ether oxygens (including phenoxy) is 2. The summed E-state index contributed by atoms with van der Waals surface area (Å²) >= 11 is 5.72. The average molecular weight is 246 g/mol. The lowest BCUT2D eigenvalue weighted by molar-refractivity contribution is 0.212. The zero-order chi connectivity index (χ0) is 12.0. The van der Waals surface area contributed by atoms with Crippen molar-refractivity contribution in [3.8, 4) is 12.0 Å². The number of hydrogen-bond acceptors (Lipinski definition) is 5. The molecule has 1 aromatic rings. The summed E-state index contributed by atoms with van der Waals surface area (Å²) in [6, 6.07) is 0.408. The Labute approximate surface area is 100 Å². The van der Waals surface area contributed by atoms with Gasteiger partial charge in [0.2, 0.25) is 5.28 Å². The second-order valence-electron chi connectivity index (χ2n) is 3.54. The van der Waals surface area contributed by atoms with Crippen molar-refractivity contribution in [3.63, 3.8) is 0 Å². The van der Waals surface area contributed by atoms with Crippen LogP contribution in [0.4, 0.5) is 0 Å². The molecule has 0 aromatic carbocycles. The van der Waals surface area contributed by atoms with Crippen molar-refractivity contribution in [1.82, 2.24) is 15.0 Å². The molecule has 0 N–H and O–H groups in total. The first kappa shape index (κ1) is 13.0. The van der Waals surface area contributed by atoms with Crippen LogP contribution in [-0.2, 0) is 0 Å². The van der Waals surface area contributed by atoms with Gasteiger partial charge >= 0.3 is 12.0 Å². The smallest absolute Gasteiger partial charge is 0.324 e. The van der Waals surface area contributed by atoms with Gasteiger partial charge in [-0.05, 0) is 31.9 Å². The van der Waals surface area contributed by atoms with Crippen LogP contribution in [-0.4, -0.2) is 27.7 Å². The van der Waals surface area contributed by atoms with Gasteiger partial charge < -0.3 is 9.47 Å². The second kappa shape index (κ2) is 6.48. The predicted molar refractivity (Wildman–Crippen MR) is 61.0 cm³/mol. The van der Waals surface area contributed by atoms with E-state index in [0.717, 1.165) is 12.8 Å². The molecule has 0 radical (unpaired) electrons. The van der Waals surface area contributed by atoms with E-state index < -0.39 is 0 Å². The molecule has 1 aromatic heterocycles. The average Bonchev–Trinajstić information content (AvgIpc) is 2.16. The zero-order valence-electron chi connectivity index (χ0n) is 9.73. The number of hydrogen-bond donors (Lipinski definition) is 0. The molecule has 0 fully saturated rings. The minimum absolute atomic E-state index is 0.0121. The molecule has 0 atom stereocenters. The van der Waals surface area contributed by atoms with Crippen LogP contribution in [0.3, 0.4) is 0 Å². The van der Waals surface area contributed by atoms with E-state index in [1.807, 2.05) is 13.8 Å². The van der Waals surface area contributed by atoms with Crippen molar-refractivity contribution in [2.75, 3.05) is 6.61 Å². The van der Waals surface area contributed by atoms with Gasteiger partial charge in [0, 0.05) is 0 Å². The van der Waals surface area contributed by atoms with Crippen LogP contribution in [0, 0.1) is 0 Å². The standard InChI is InChI=1S/C10H16ClN3O2/c1-4-5-6-15-9-12-8(11)13-10(14-9)16-7(2)3/h7H,4-6H2,1-3H3. The minimum Gasteiger partial charge on any atom is -0.463 e. The molecule has 16 heavy (non-hydrogen) atoms. The molecule has 0 saturated carbocycles. The van der Waals surface area contributed by atoms with Gasteiger partial charge in [-0.3, -0.25) is 0 Å². The Morgan fingerprint density at radius 3 is 2.50 bits per heavy atom. The maximum absolute atomic E-state index is 5.72. The normalized spacial score (nSPS) is 10.6. The molecule has 0 spiro atoms. The van der Waals surface area contributed by atoms with Crippen LogP contribution >= 0.6 is 11.6 Å². The topological polar surface area (TPSA) is 57.1 Å². The van der Waals surface area contributed by atoms with Gasteiger partial charge in [0.25, 0.3) is 0 Å². The minimum atomic E-state index is -0.0121. The van der Waals surface area contributed by atoms with Gasteiger partial charge in [0.15, 0.2) is 0 Å². The maximum Gasteiger partial charge on any atom is 0.324 e. The SMILES string of the molecule is CCCCOc1nc(Cl)nc(OC(C)C)n1. The molecule has 0 saturated heterocycles. The molecular weight excluding hydrogens is 230 g/mol. The summed E-state index contributed by atoms with van der Waals surface area (Å²) in [5.41, 5.74) is 0. The molecular formula is C10H16ClN3O2. The van der Waals surface area contributed by atoms with Crippen LogP contribution in [0.5, 0.6) is 12.0 Å². The Balaban J connectivity index is 2.65. The van der Waals surface area contributed by atoms with E-state index in [2.05, 4.69) is 21.9 Å². The van der Waals surface area contributed by atoms with E-state index in [1.165, 1.54) is 0 Å². The van der Waals surface area contributed by atoms with Crippen LogP contribution in [0.25, 0.3) is 0 Å². The first-order chi connectivity index (χ1) is 7.61. The largest absolute Gasteiger partial charge is 0.463 e. The fraction of sp³-hybridized carbons (Fsp3) is 0.700. The van der Waals surface area contributed by atoms with Gasteiger partial charge in [-0.25, -0.2) is 0 Å². The highest BCUT2D eigenvalue weighted by Crippen LogP contribution is 2.14. The summed E-state index contributed by atoms with van der Waals surface area (Å²) in [6.07, 6.45) is 1.99. The Morgan fingerprint density at radius 1 is 1.19 bits per heavy atom. The fourth-order valence-corrected chi connectivity index (χ4v) is 1.10. The van der Waals surface area contributed by atoms with E-state index in [9.17, 15) is 0 Å². The van der Waals surface area contributed by atoms with Gasteiger partial charge in [0.1, 0.15) is 0 Å². The molecule has 0 aliphatic heterocycles. The van der Waals surface area contributed by atoms with Crippen molar-refractivity contribution < 1.29 is 9.47 Å². The highest BCUT2D eigenvalue weighted by atomic mass is 35.5. The lowest BCUT2D eigenvalue weighted by Gasteiger charge is -2.08. The van der Waals surface area contributed by atoms with Crippen LogP contribution in [0.15, 0.2) is 0 Å². The molecule has 0 amide bonds. The third kappa shape index (κ3) is 4.61. The molecule has 0 unspecified atom stereocenters. The van der Waals surface area contributed by atoms with E-state index in [0.29, 0.717) is 6.61 Å². The maximum atomic E-state index is 5.72. The lowest BCUT2D eigenvalue weighted by atomic mass is 10.4. The first-order valence-electron chi connectivity index (χ1n) is 5.33. The van der Waals surface area contributed by atoms with Crippen molar-refractivity contribution in [1.29, 1.82) is 0 Å². The molecule has 1 heterocycles. The molecule has 5 nitrogen and oxygen atoms in total. The van der Waals surface area contributed by atoms with Crippen LogP contribution in [0.2, 0.25) is 5.28 Å². The van der Waals surface area contributed by atoms with Crippen molar-refractivity contribution in [2.24, 2.45) is 0 Å². The van der Waals surface area contributed by atoms with Gasteiger partial charge in [-0.1, -0.05) is 13.3 Å². The molecule has 90 valence electrons. The summed E-state index contributed by atoms with van der Waals surface area (Å²) in [5, 5.41) is 0.0807. The molecule has 0 aliphatic rings. The fourth-order valence-electron chi connectivity index (χ4n) is 0.951. The molecule has 0 aliphatic carbocycles. The Hall–Kier alpha value is -1.10. The van der Waals surface area contributed by atoms with Gasteiger partial charge in [0.05, 0.1) is 12.7 Å². The number of aromatic nitrogens is 3. The van der Waals surface area contributed by atoms with Crippen LogP contribution in [0.1, 0.15) is 33.6 Å². The highest BCUT2D eigenvalue weighted by Gasteiger charge is 2.08. The molecule has 6 heteroatoms. The van der Waals surface area contributed by atoms with Crippen molar-refractivity contribution in [2.45, 2.75) is 39.7 Å². The van der Waals surface area contributed by atoms with E-state index in [-0.39, 0.29) is 23.4 Å². The molecule has 1 rings (SSSR count). The zero-order valence-corrected chi connectivity index (χ0v) is 10.5. The van der Waals surface area contributed by atoms with E-state index >= 15 is 0 Å². The first-order valence-corrected chi connectivity index (χ1v) is 5.70. The highest BCUT2D eigenvalue weighted by molar-refractivity contribution is 6.28. The van der Waals surface area contributed by atoms with E-state index in [4.69, 9.17) is 21.1 Å². The Bertz CT molecular complexity index is 334. The third-order valence-corrected chi connectivity index (χ3v) is 1.81. The third-order valence-electron chi connectivity index (χ3n) is 1.64. The van der Waals surface area contributed by atoms with Crippen molar-refractivity contribution in [3.05, 3.63) is 5.28 Å². The Morgan fingerprint density at radius 2 is 1.88 bits per heavy atom. The van der Waals surface area contributed by atoms with Crippen LogP contribution < -0.4 is 9.47 Å². The summed E-state index contributed by atoms with van der Waals surface area (Å²) in [7, 11) is 0. The van der Waals surface area contributed by atoms with Gasteiger partial charge in [-0.2, -0.15) is 9.97 Å². The number of rotatable bonds is 6. The summed E-state index contributed by atoms with van der Waals surface area (Å²) in [6.45, 7) is 6.42. The van der Waals surface area contributed by atoms with Gasteiger partial charge in [-0.15, -0.1) is 4.98 Å². The Kier molecular flexibility index (Phi) is 5.25. The summed E-state index contributed by atoms with van der Waals surface area (Å²) in [5.74, 6) is 0. The molecule has 0 bridgehead atoms. The number of unbranched alkanes of at least 4 members (excludes halogenated alkanes) is 1. The second-order valence-corrected chi connectivity index (χ2v) is 3.88. The quantitative estimate of drug-likeness (QED) is 0.721. The van der Waals surface area contributed by atoms with Crippen molar-refractivity contribution >= 4 is 11.6 Å². The number of nitrogens with zero attached hydrogens (tertiary/aromatic N) is 3. The summed E-state index contributed by atoms with van der Waals surface area (Å²) < 4.78 is 10.6. The summed E-state index contributed by atoms with van der Waals surface area (Å²) in [4.78, 5) is 11.7.